The molecule has 1 amide bonds. The van der Waals surface area contributed by atoms with Gasteiger partial charge in [-0.1, -0.05) is 11.2 Å². The maximum Gasteiger partial charge on any atom is 0.259 e. The first-order chi connectivity index (χ1) is 14.1. The van der Waals surface area contributed by atoms with Crippen molar-refractivity contribution in [3.05, 3.63) is 60.8 Å². The molecule has 0 aliphatic rings. The number of anilines is 1. The van der Waals surface area contributed by atoms with Crippen LogP contribution in [0.2, 0.25) is 0 Å². The molecule has 9 heteroatoms. The fourth-order valence-corrected chi connectivity index (χ4v) is 2.77. The second-order valence-electron chi connectivity index (χ2n) is 6.35. The third kappa shape index (κ3) is 4.13. The van der Waals surface area contributed by atoms with Crippen LogP contribution >= 0.6 is 0 Å². The van der Waals surface area contributed by atoms with E-state index in [9.17, 15) is 4.79 Å². The zero-order valence-corrected chi connectivity index (χ0v) is 15.9. The van der Waals surface area contributed by atoms with Gasteiger partial charge in [0.15, 0.2) is 0 Å². The van der Waals surface area contributed by atoms with Gasteiger partial charge in [-0.25, -0.2) is 4.98 Å². The molecule has 3 heterocycles. The molecular weight excluding hydrogens is 372 g/mol. The van der Waals surface area contributed by atoms with Crippen molar-refractivity contribution in [2.45, 2.75) is 13.5 Å². The highest BCUT2D eigenvalue weighted by Crippen LogP contribution is 2.25. The summed E-state index contributed by atoms with van der Waals surface area (Å²) in [5, 5.41) is 6.80. The Labute approximate surface area is 166 Å². The average Bonchev–Trinajstić information content (AvgIpc) is 3.38. The molecule has 4 aromatic rings. The van der Waals surface area contributed by atoms with E-state index in [-0.39, 0.29) is 12.5 Å². The number of hydrogen-bond acceptors (Lipinski definition) is 7. The summed E-state index contributed by atoms with van der Waals surface area (Å²) in [5.74, 6) is 1.09. The molecule has 0 spiro atoms. The third-order valence-corrected chi connectivity index (χ3v) is 4.15. The van der Waals surface area contributed by atoms with Crippen molar-refractivity contribution >= 4 is 11.6 Å². The number of pyridine rings is 1. The van der Waals surface area contributed by atoms with E-state index in [0.29, 0.717) is 28.8 Å². The third-order valence-electron chi connectivity index (χ3n) is 4.15. The molecule has 0 aliphatic heterocycles. The topological polar surface area (TPSA) is 108 Å². The van der Waals surface area contributed by atoms with Crippen LogP contribution in [0.25, 0.3) is 23.0 Å². The Balaban J connectivity index is 1.45. The van der Waals surface area contributed by atoms with E-state index in [2.05, 4.69) is 25.4 Å². The number of hydrogen-bond donors (Lipinski definition) is 1. The van der Waals surface area contributed by atoms with Crippen molar-refractivity contribution in [2.24, 2.45) is 0 Å². The maximum absolute atomic E-state index is 12.4. The summed E-state index contributed by atoms with van der Waals surface area (Å²) in [6, 6.07) is 9.20. The Bertz CT molecular complexity index is 1140. The molecule has 0 unspecified atom stereocenters. The molecule has 0 saturated heterocycles. The molecule has 0 atom stereocenters. The summed E-state index contributed by atoms with van der Waals surface area (Å²) >= 11 is 0. The van der Waals surface area contributed by atoms with E-state index in [4.69, 9.17) is 9.26 Å². The van der Waals surface area contributed by atoms with Crippen LogP contribution in [0, 0.1) is 6.92 Å². The molecule has 3 aromatic heterocycles. The van der Waals surface area contributed by atoms with E-state index in [0.717, 1.165) is 11.1 Å². The summed E-state index contributed by atoms with van der Waals surface area (Å²) in [6.45, 7) is 2.03. The van der Waals surface area contributed by atoms with E-state index >= 15 is 0 Å². The van der Waals surface area contributed by atoms with Gasteiger partial charge in [0.05, 0.1) is 24.7 Å². The van der Waals surface area contributed by atoms with E-state index in [1.165, 1.54) is 0 Å². The predicted octanol–water partition coefficient (Wildman–Crippen LogP) is 2.95. The summed E-state index contributed by atoms with van der Waals surface area (Å²) in [7, 11) is 1.56. The van der Waals surface area contributed by atoms with Crippen LogP contribution < -0.4 is 10.1 Å². The highest BCUT2D eigenvalue weighted by atomic mass is 16.5. The van der Waals surface area contributed by atoms with E-state index < -0.39 is 0 Å². The molecule has 0 bridgehead atoms. The zero-order valence-electron chi connectivity index (χ0n) is 15.9. The summed E-state index contributed by atoms with van der Waals surface area (Å²) < 4.78 is 12.2. The average molecular weight is 390 g/mol. The number of carbonyl (C=O) groups excluding carboxylic acids is 1. The molecular formula is C20H18N6O3. The fourth-order valence-electron chi connectivity index (χ4n) is 2.77. The Morgan fingerprint density at radius 1 is 1.31 bits per heavy atom. The number of aromatic nitrogens is 5. The molecule has 0 radical (unpaired) electrons. The van der Waals surface area contributed by atoms with Crippen molar-refractivity contribution in [3.63, 3.8) is 0 Å². The molecule has 1 aromatic carbocycles. The van der Waals surface area contributed by atoms with Gasteiger partial charge < -0.3 is 19.1 Å². The minimum Gasteiger partial charge on any atom is -0.495 e. The van der Waals surface area contributed by atoms with Gasteiger partial charge in [0, 0.05) is 18.6 Å². The number of benzene rings is 1. The first-order valence-corrected chi connectivity index (χ1v) is 8.83. The number of methoxy groups -OCH3 is 1. The Kier molecular flexibility index (Phi) is 5.02. The number of rotatable bonds is 6. The molecule has 0 fully saturated rings. The van der Waals surface area contributed by atoms with Crippen molar-refractivity contribution in [3.8, 4) is 28.7 Å². The van der Waals surface area contributed by atoms with Crippen molar-refractivity contribution in [1.29, 1.82) is 0 Å². The zero-order chi connectivity index (χ0) is 20.2. The lowest BCUT2D eigenvalue weighted by atomic mass is 10.2. The molecule has 29 heavy (non-hydrogen) atoms. The summed E-state index contributed by atoms with van der Waals surface area (Å²) in [4.78, 5) is 25.0. The monoisotopic (exact) mass is 390 g/mol. The molecule has 9 nitrogen and oxygen atoms in total. The lowest BCUT2D eigenvalue weighted by Gasteiger charge is -2.11. The number of amides is 1. The minimum atomic E-state index is -0.206. The Morgan fingerprint density at radius 2 is 2.21 bits per heavy atom. The first kappa shape index (κ1) is 18.4. The van der Waals surface area contributed by atoms with Crippen LogP contribution in [0.3, 0.4) is 0 Å². The van der Waals surface area contributed by atoms with Gasteiger partial charge in [-0.3, -0.25) is 9.78 Å². The first-order valence-electron chi connectivity index (χ1n) is 8.83. The number of aryl methyl sites for hydroxylation is 1. The van der Waals surface area contributed by atoms with E-state index in [1.54, 1.807) is 42.7 Å². The van der Waals surface area contributed by atoms with Crippen LogP contribution in [0.15, 0.2) is 59.8 Å². The fraction of sp³-hybridized carbons (Fsp3) is 0.150. The van der Waals surface area contributed by atoms with Crippen molar-refractivity contribution in [1.82, 2.24) is 24.7 Å². The number of carbonyl (C=O) groups is 1. The van der Waals surface area contributed by atoms with Gasteiger partial charge >= 0.3 is 0 Å². The smallest absolute Gasteiger partial charge is 0.259 e. The standard InChI is InChI=1S/C20H18N6O3/c1-13-5-6-17(28-2)15(8-13)23-18(27)11-26-10-16(22-12-26)19-24-20(29-25-19)14-4-3-7-21-9-14/h3-10,12H,11H2,1-2H3,(H,23,27). The van der Waals surface area contributed by atoms with Gasteiger partial charge in [-0.05, 0) is 36.8 Å². The van der Waals surface area contributed by atoms with Gasteiger partial charge in [0.1, 0.15) is 18.0 Å². The quantitative estimate of drug-likeness (QED) is 0.539. The van der Waals surface area contributed by atoms with Gasteiger partial charge in [0.2, 0.25) is 11.7 Å². The highest BCUT2D eigenvalue weighted by Gasteiger charge is 2.14. The van der Waals surface area contributed by atoms with Crippen LogP contribution in [-0.4, -0.2) is 37.7 Å². The van der Waals surface area contributed by atoms with Crippen molar-refractivity contribution in [2.75, 3.05) is 12.4 Å². The van der Waals surface area contributed by atoms with Crippen LogP contribution in [-0.2, 0) is 11.3 Å². The molecule has 0 saturated carbocycles. The lowest BCUT2D eigenvalue weighted by Crippen LogP contribution is -2.18. The maximum atomic E-state index is 12.4. The van der Waals surface area contributed by atoms with Crippen LogP contribution in [0.4, 0.5) is 5.69 Å². The van der Waals surface area contributed by atoms with Gasteiger partial charge in [0.25, 0.3) is 5.89 Å². The molecule has 1 N–H and O–H groups in total. The molecule has 0 aliphatic carbocycles. The second-order valence-corrected chi connectivity index (χ2v) is 6.35. The number of imidazole rings is 1. The summed E-state index contributed by atoms with van der Waals surface area (Å²) in [6.07, 6.45) is 6.53. The largest absolute Gasteiger partial charge is 0.495 e. The SMILES string of the molecule is COc1ccc(C)cc1NC(=O)Cn1cnc(-c2noc(-c3cccnc3)n2)c1. The minimum absolute atomic E-state index is 0.0808. The van der Waals surface area contributed by atoms with Crippen molar-refractivity contribution < 1.29 is 14.1 Å². The predicted molar refractivity (Wildman–Crippen MR) is 105 cm³/mol. The van der Waals surface area contributed by atoms with Gasteiger partial charge in [-0.15, -0.1) is 0 Å². The summed E-state index contributed by atoms with van der Waals surface area (Å²) in [5.41, 5.74) is 2.87. The number of ether oxygens (including phenoxy) is 1. The normalized spacial score (nSPS) is 10.7. The Morgan fingerprint density at radius 3 is 3.00 bits per heavy atom. The van der Waals surface area contributed by atoms with Gasteiger partial charge in [-0.2, -0.15) is 4.98 Å². The lowest BCUT2D eigenvalue weighted by molar-refractivity contribution is -0.116. The van der Waals surface area contributed by atoms with E-state index in [1.807, 2.05) is 31.2 Å². The van der Waals surface area contributed by atoms with Crippen LogP contribution in [0.5, 0.6) is 5.75 Å². The Hall–Kier alpha value is -4.01. The highest BCUT2D eigenvalue weighted by molar-refractivity contribution is 5.92. The number of nitrogens with one attached hydrogen (secondary N) is 1. The van der Waals surface area contributed by atoms with Crippen LogP contribution in [0.1, 0.15) is 5.56 Å². The molecule has 4 rings (SSSR count). The number of nitrogens with zero attached hydrogens (tertiary/aromatic N) is 5. The second kappa shape index (κ2) is 7.93. The molecule has 146 valence electrons.